The number of nitrogens with one attached hydrogen (secondary N) is 1. The molecule has 0 heterocycles. The van der Waals surface area contributed by atoms with Crippen LogP contribution in [0.2, 0.25) is 0 Å². The number of rotatable bonds is 5. The summed E-state index contributed by atoms with van der Waals surface area (Å²) in [5.74, 6) is 0. The Balaban J connectivity index is 2.64. The Kier molecular flexibility index (Phi) is 4.40. The first-order chi connectivity index (χ1) is 6.77. The Morgan fingerprint density at radius 3 is 2.43 bits per heavy atom. The third-order valence-corrected chi connectivity index (χ3v) is 2.26. The highest BCUT2D eigenvalue weighted by Gasteiger charge is 2.02. The number of hydrogen-bond acceptors (Lipinski definition) is 2. The van der Waals surface area contributed by atoms with Gasteiger partial charge in [0.2, 0.25) is 0 Å². The minimum atomic E-state index is 0.363. The average Bonchev–Trinajstić information content (AvgIpc) is 2.21. The Labute approximate surface area is 84.7 Å². The van der Waals surface area contributed by atoms with Gasteiger partial charge in [0.25, 0.3) is 0 Å². The number of halogens is 1. The molecule has 0 bridgehead atoms. The molecule has 0 unspecified atom stereocenters. The van der Waals surface area contributed by atoms with Crippen molar-refractivity contribution in [1.29, 1.82) is 0 Å². The summed E-state index contributed by atoms with van der Waals surface area (Å²) in [4.78, 5) is 2.13. The van der Waals surface area contributed by atoms with Gasteiger partial charge in [-0.3, -0.25) is 0 Å². The standard InChI is InChI=1S/C11H17FN2/c1-3-14(9-8-13-12)11-6-4-10(2)5-7-11/h4-7,13H,3,8-9H2,1-2H3. The molecule has 0 amide bonds. The van der Waals surface area contributed by atoms with Gasteiger partial charge in [-0.2, -0.15) is 5.54 Å². The summed E-state index contributed by atoms with van der Waals surface area (Å²) >= 11 is 0. The molecular formula is C11H17FN2. The lowest BCUT2D eigenvalue weighted by atomic mass is 10.2. The molecule has 1 rings (SSSR count). The van der Waals surface area contributed by atoms with Crippen molar-refractivity contribution in [2.24, 2.45) is 0 Å². The molecular weight excluding hydrogens is 179 g/mol. The molecule has 0 saturated heterocycles. The van der Waals surface area contributed by atoms with Gasteiger partial charge >= 0.3 is 0 Å². The summed E-state index contributed by atoms with van der Waals surface area (Å²) in [6.45, 7) is 6.07. The van der Waals surface area contributed by atoms with E-state index >= 15 is 0 Å². The minimum Gasteiger partial charge on any atom is -0.370 e. The van der Waals surface area contributed by atoms with E-state index in [0.29, 0.717) is 13.1 Å². The van der Waals surface area contributed by atoms with Gasteiger partial charge in [-0.05, 0) is 26.0 Å². The van der Waals surface area contributed by atoms with Crippen LogP contribution in [-0.2, 0) is 0 Å². The highest BCUT2D eigenvalue weighted by Crippen LogP contribution is 2.13. The van der Waals surface area contributed by atoms with Gasteiger partial charge in [-0.25, -0.2) is 0 Å². The topological polar surface area (TPSA) is 15.3 Å². The summed E-state index contributed by atoms with van der Waals surface area (Å²) in [5, 5.41) is 0. The molecule has 2 nitrogen and oxygen atoms in total. The van der Waals surface area contributed by atoms with Crippen LogP contribution in [0.15, 0.2) is 24.3 Å². The zero-order valence-electron chi connectivity index (χ0n) is 8.76. The van der Waals surface area contributed by atoms with E-state index in [1.54, 1.807) is 5.54 Å². The van der Waals surface area contributed by atoms with E-state index in [-0.39, 0.29) is 0 Å². The molecule has 0 aliphatic rings. The van der Waals surface area contributed by atoms with Gasteiger partial charge in [0, 0.05) is 25.3 Å². The first kappa shape index (κ1) is 11.0. The van der Waals surface area contributed by atoms with E-state index in [1.165, 1.54) is 5.56 Å². The van der Waals surface area contributed by atoms with Crippen LogP contribution in [-0.4, -0.2) is 19.6 Å². The average molecular weight is 196 g/mol. The molecule has 0 aliphatic heterocycles. The molecule has 0 aliphatic carbocycles. The van der Waals surface area contributed by atoms with E-state index in [4.69, 9.17) is 0 Å². The quantitative estimate of drug-likeness (QED) is 0.727. The van der Waals surface area contributed by atoms with Crippen molar-refractivity contribution < 1.29 is 4.48 Å². The van der Waals surface area contributed by atoms with Gasteiger partial charge in [-0.15, -0.1) is 4.48 Å². The Morgan fingerprint density at radius 2 is 1.93 bits per heavy atom. The number of likely N-dealkylation sites (N-methyl/N-ethyl adjacent to an activating group) is 1. The minimum absolute atomic E-state index is 0.363. The number of aryl methyl sites for hydroxylation is 1. The summed E-state index contributed by atoms with van der Waals surface area (Å²) in [6, 6.07) is 8.27. The fraction of sp³-hybridized carbons (Fsp3) is 0.455. The summed E-state index contributed by atoms with van der Waals surface area (Å²) < 4.78 is 11.8. The highest BCUT2D eigenvalue weighted by atomic mass is 19.2. The predicted molar refractivity (Wildman–Crippen MR) is 58.2 cm³/mol. The molecule has 0 fully saturated rings. The van der Waals surface area contributed by atoms with Gasteiger partial charge in [0.15, 0.2) is 0 Å². The number of nitrogens with zero attached hydrogens (tertiary/aromatic N) is 1. The van der Waals surface area contributed by atoms with Crippen LogP contribution in [0, 0.1) is 6.92 Å². The van der Waals surface area contributed by atoms with Crippen LogP contribution in [0.1, 0.15) is 12.5 Å². The Morgan fingerprint density at radius 1 is 1.29 bits per heavy atom. The van der Waals surface area contributed by atoms with Crippen LogP contribution in [0.25, 0.3) is 0 Å². The maximum absolute atomic E-state index is 11.8. The van der Waals surface area contributed by atoms with Crippen LogP contribution < -0.4 is 10.4 Å². The van der Waals surface area contributed by atoms with Crippen molar-refractivity contribution in [2.45, 2.75) is 13.8 Å². The van der Waals surface area contributed by atoms with Crippen LogP contribution in [0.5, 0.6) is 0 Å². The molecule has 0 atom stereocenters. The first-order valence-corrected chi connectivity index (χ1v) is 4.93. The monoisotopic (exact) mass is 196 g/mol. The smallest absolute Gasteiger partial charge is 0.0435 e. The molecule has 14 heavy (non-hydrogen) atoms. The van der Waals surface area contributed by atoms with E-state index in [1.807, 2.05) is 0 Å². The zero-order valence-corrected chi connectivity index (χ0v) is 8.76. The summed E-state index contributed by atoms with van der Waals surface area (Å²) in [5.41, 5.74) is 4.06. The zero-order chi connectivity index (χ0) is 10.4. The van der Waals surface area contributed by atoms with Crippen LogP contribution in [0.3, 0.4) is 0 Å². The maximum Gasteiger partial charge on any atom is 0.0435 e. The second kappa shape index (κ2) is 5.60. The molecule has 1 N–H and O–H groups in total. The van der Waals surface area contributed by atoms with Gasteiger partial charge in [0.1, 0.15) is 0 Å². The Bertz CT molecular complexity index is 258. The fourth-order valence-corrected chi connectivity index (χ4v) is 1.40. The normalized spacial score (nSPS) is 10.2. The molecule has 0 spiro atoms. The van der Waals surface area contributed by atoms with Crippen LogP contribution >= 0.6 is 0 Å². The SMILES string of the molecule is CCN(CCNF)c1ccc(C)cc1. The molecule has 78 valence electrons. The largest absolute Gasteiger partial charge is 0.370 e. The molecule has 0 aromatic heterocycles. The predicted octanol–water partition coefficient (Wildman–Crippen LogP) is 2.30. The lowest BCUT2D eigenvalue weighted by Gasteiger charge is -2.22. The van der Waals surface area contributed by atoms with Gasteiger partial charge in [-0.1, -0.05) is 17.7 Å². The highest BCUT2D eigenvalue weighted by molar-refractivity contribution is 5.47. The van der Waals surface area contributed by atoms with E-state index in [0.717, 1.165) is 12.2 Å². The maximum atomic E-state index is 11.8. The third kappa shape index (κ3) is 3.00. The van der Waals surface area contributed by atoms with Crippen molar-refractivity contribution in [3.05, 3.63) is 29.8 Å². The summed E-state index contributed by atoms with van der Waals surface area (Å²) in [7, 11) is 0. The molecule has 1 aromatic carbocycles. The molecule has 0 saturated carbocycles. The van der Waals surface area contributed by atoms with Gasteiger partial charge in [0.05, 0.1) is 0 Å². The van der Waals surface area contributed by atoms with Crippen LogP contribution in [0.4, 0.5) is 10.2 Å². The third-order valence-electron chi connectivity index (χ3n) is 2.26. The first-order valence-electron chi connectivity index (χ1n) is 4.93. The second-order valence-electron chi connectivity index (χ2n) is 3.30. The van der Waals surface area contributed by atoms with E-state index in [9.17, 15) is 4.48 Å². The number of hydrogen-bond donors (Lipinski definition) is 1. The molecule has 3 heteroatoms. The Hall–Kier alpha value is -1.09. The van der Waals surface area contributed by atoms with Crippen molar-refractivity contribution in [2.75, 3.05) is 24.5 Å². The van der Waals surface area contributed by atoms with Crippen molar-refractivity contribution in [1.82, 2.24) is 5.54 Å². The lowest BCUT2D eigenvalue weighted by molar-refractivity contribution is 0.338. The van der Waals surface area contributed by atoms with Gasteiger partial charge < -0.3 is 4.90 Å². The van der Waals surface area contributed by atoms with E-state index < -0.39 is 0 Å². The van der Waals surface area contributed by atoms with Crippen molar-refractivity contribution in [3.8, 4) is 0 Å². The van der Waals surface area contributed by atoms with Crippen molar-refractivity contribution in [3.63, 3.8) is 0 Å². The number of benzene rings is 1. The second-order valence-corrected chi connectivity index (χ2v) is 3.30. The molecule has 0 radical (unpaired) electrons. The lowest BCUT2D eigenvalue weighted by Crippen LogP contribution is -2.29. The molecule has 1 aromatic rings. The van der Waals surface area contributed by atoms with E-state index in [2.05, 4.69) is 43.0 Å². The summed E-state index contributed by atoms with van der Waals surface area (Å²) in [6.07, 6.45) is 0. The van der Waals surface area contributed by atoms with Crippen molar-refractivity contribution >= 4 is 5.69 Å². The fourth-order valence-electron chi connectivity index (χ4n) is 1.40. The number of anilines is 1.